The number of hydrogen-bond donors (Lipinski definition) is 0. The van der Waals surface area contributed by atoms with Crippen molar-refractivity contribution >= 4 is 0 Å². The predicted molar refractivity (Wildman–Crippen MR) is 97.9 cm³/mol. The molecule has 28 heavy (non-hydrogen) atoms. The largest absolute Gasteiger partial charge is 0.489 e. The maximum atomic E-state index is 14.1. The van der Waals surface area contributed by atoms with Gasteiger partial charge in [-0.15, -0.1) is 0 Å². The Morgan fingerprint density at radius 1 is 0.964 bits per heavy atom. The van der Waals surface area contributed by atoms with Gasteiger partial charge in [-0.05, 0) is 24.3 Å². The third-order valence-electron chi connectivity index (χ3n) is 4.63. The lowest BCUT2D eigenvalue weighted by atomic mass is 10.1. The molecule has 1 atom stereocenters. The molecule has 5 rings (SSSR count). The zero-order valence-corrected chi connectivity index (χ0v) is 14.9. The Morgan fingerprint density at radius 3 is 2.71 bits per heavy atom. The lowest BCUT2D eigenvalue weighted by Gasteiger charge is -2.28. The molecular formula is C22H17FO5. The van der Waals surface area contributed by atoms with Crippen LogP contribution < -0.4 is 18.9 Å². The van der Waals surface area contributed by atoms with Crippen molar-refractivity contribution in [1.82, 2.24) is 0 Å². The summed E-state index contributed by atoms with van der Waals surface area (Å²) in [7, 11) is 0. The summed E-state index contributed by atoms with van der Waals surface area (Å²) < 4.78 is 42.4. The summed E-state index contributed by atoms with van der Waals surface area (Å²) in [6, 6.07) is 17.8. The van der Waals surface area contributed by atoms with Gasteiger partial charge in [0.15, 0.2) is 11.5 Å². The molecule has 0 bridgehead atoms. The van der Waals surface area contributed by atoms with Crippen LogP contribution in [0.25, 0.3) is 0 Å². The monoisotopic (exact) mass is 380 g/mol. The molecular weight excluding hydrogens is 363 g/mol. The van der Waals surface area contributed by atoms with E-state index in [1.54, 1.807) is 18.2 Å². The van der Waals surface area contributed by atoms with E-state index in [1.165, 1.54) is 12.1 Å². The van der Waals surface area contributed by atoms with Crippen LogP contribution in [0, 0.1) is 5.82 Å². The van der Waals surface area contributed by atoms with Crippen LogP contribution in [-0.2, 0) is 18.0 Å². The van der Waals surface area contributed by atoms with Gasteiger partial charge in [-0.25, -0.2) is 4.39 Å². The van der Waals surface area contributed by atoms with Gasteiger partial charge in [0.05, 0.1) is 6.61 Å². The number of halogens is 1. The summed E-state index contributed by atoms with van der Waals surface area (Å²) in [6.07, 6.45) is -0.538. The van der Waals surface area contributed by atoms with E-state index in [2.05, 4.69) is 0 Å². The SMILES string of the molecule is Fc1cc(COc2ccc3c(c2)OCO3)c2c(c1)CO[C@@H](c1ccccc1)O2. The van der Waals surface area contributed by atoms with Crippen molar-refractivity contribution in [3.63, 3.8) is 0 Å². The normalized spacial score (nSPS) is 17.0. The van der Waals surface area contributed by atoms with E-state index in [4.69, 9.17) is 23.7 Å². The summed E-state index contributed by atoms with van der Waals surface area (Å²) in [5, 5.41) is 0. The fourth-order valence-corrected chi connectivity index (χ4v) is 3.29. The van der Waals surface area contributed by atoms with E-state index in [-0.39, 0.29) is 25.8 Å². The Hall–Kier alpha value is -3.25. The van der Waals surface area contributed by atoms with Crippen molar-refractivity contribution in [2.75, 3.05) is 6.79 Å². The first-order valence-electron chi connectivity index (χ1n) is 8.93. The molecule has 0 aromatic heterocycles. The molecule has 3 aromatic rings. The number of ether oxygens (including phenoxy) is 5. The van der Waals surface area contributed by atoms with Crippen LogP contribution in [0.1, 0.15) is 23.0 Å². The molecule has 0 unspecified atom stereocenters. The predicted octanol–water partition coefficient (Wildman–Crippen LogP) is 4.74. The van der Waals surface area contributed by atoms with E-state index >= 15 is 0 Å². The van der Waals surface area contributed by atoms with E-state index in [0.29, 0.717) is 34.1 Å². The minimum atomic E-state index is -0.538. The van der Waals surface area contributed by atoms with Crippen molar-refractivity contribution in [3.05, 3.63) is 83.2 Å². The van der Waals surface area contributed by atoms with Crippen molar-refractivity contribution in [3.8, 4) is 23.0 Å². The molecule has 5 nitrogen and oxygen atoms in total. The first kappa shape index (κ1) is 16.9. The first-order valence-corrected chi connectivity index (χ1v) is 8.93. The van der Waals surface area contributed by atoms with Crippen molar-refractivity contribution < 1.29 is 28.1 Å². The van der Waals surface area contributed by atoms with Gasteiger partial charge in [0, 0.05) is 22.8 Å². The van der Waals surface area contributed by atoms with Gasteiger partial charge in [0.25, 0.3) is 0 Å². The zero-order chi connectivity index (χ0) is 18.9. The van der Waals surface area contributed by atoms with Crippen LogP contribution >= 0.6 is 0 Å². The van der Waals surface area contributed by atoms with E-state index in [9.17, 15) is 4.39 Å². The average Bonchev–Trinajstić information content (AvgIpc) is 3.20. The molecule has 0 radical (unpaired) electrons. The molecule has 0 N–H and O–H groups in total. The van der Waals surface area contributed by atoms with Gasteiger partial charge < -0.3 is 23.7 Å². The highest BCUT2D eigenvalue weighted by Crippen LogP contribution is 2.38. The zero-order valence-electron chi connectivity index (χ0n) is 14.9. The Balaban J connectivity index is 1.39. The fourth-order valence-electron chi connectivity index (χ4n) is 3.29. The molecule has 0 aliphatic carbocycles. The number of benzene rings is 3. The van der Waals surface area contributed by atoms with Crippen LogP contribution in [0.5, 0.6) is 23.0 Å². The van der Waals surface area contributed by atoms with Gasteiger partial charge in [-0.2, -0.15) is 0 Å². The topological polar surface area (TPSA) is 46.2 Å². The minimum Gasteiger partial charge on any atom is -0.489 e. The molecule has 3 aromatic carbocycles. The van der Waals surface area contributed by atoms with Crippen LogP contribution in [-0.4, -0.2) is 6.79 Å². The second kappa shape index (κ2) is 7.05. The van der Waals surface area contributed by atoms with Gasteiger partial charge >= 0.3 is 0 Å². The summed E-state index contributed by atoms with van der Waals surface area (Å²) in [4.78, 5) is 0. The molecule has 0 fully saturated rings. The van der Waals surface area contributed by atoms with Crippen molar-refractivity contribution in [1.29, 1.82) is 0 Å². The summed E-state index contributed by atoms with van der Waals surface area (Å²) in [5.41, 5.74) is 2.19. The molecule has 2 heterocycles. The highest BCUT2D eigenvalue weighted by atomic mass is 19.1. The first-order chi connectivity index (χ1) is 13.8. The molecule has 142 valence electrons. The quantitative estimate of drug-likeness (QED) is 0.654. The molecule has 0 amide bonds. The van der Waals surface area contributed by atoms with Crippen molar-refractivity contribution in [2.45, 2.75) is 19.5 Å². The van der Waals surface area contributed by atoms with E-state index < -0.39 is 6.29 Å². The highest BCUT2D eigenvalue weighted by Gasteiger charge is 2.25. The third-order valence-corrected chi connectivity index (χ3v) is 4.63. The Morgan fingerprint density at radius 2 is 1.82 bits per heavy atom. The standard InChI is InChI=1S/C22H17FO5/c23-17-8-15(11-24-18-6-7-19-20(10-18)27-13-26-19)21-16(9-17)12-25-22(28-21)14-4-2-1-3-5-14/h1-10,22H,11-13H2/t22-/m1/s1. The fraction of sp³-hybridized carbons (Fsp3) is 0.182. The Kier molecular flexibility index (Phi) is 4.25. The average molecular weight is 380 g/mol. The smallest absolute Gasteiger partial charge is 0.231 e. The van der Waals surface area contributed by atoms with Crippen LogP contribution in [0.2, 0.25) is 0 Å². The molecule has 0 saturated carbocycles. The highest BCUT2D eigenvalue weighted by molar-refractivity contribution is 5.47. The minimum absolute atomic E-state index is 0.154. The summed E-state index contributed by atoms with van der Waals surface area (Å²) in [6.45, 7) is 0.621. The van der Waals surface area contributed by atoms with Crippen molar-refractivity contribution in [2.24, 2.45) is 0 Å². The van der Waals surface area contributed by atoms with Crippen LogP contribution in [0.4, 0.5) is 4.39 Å². The maximum Gasteiger partial charge on any atom is 0.231 e. The third kappa shape index (κ3) is 3.23. The molecule has 2 aliphatic rings. The van der Waals surface area contributed by atoms with E-state index in [0.717, 1.165) is 5.56 Å². The second-order valence-corrected chi connectivity index (χ2v) is 6.53. The Bertz CT molecular complexity index is 1010. The van der Waals surface area contributed by atoms with Gasteiger partial charge in [0.2, 0.25) is 13.1 Å². The van der Waals surface area contributed by atoms with Crippen LogP contribution in [0.15, 0.2) is 60.7 Å². The molecule has 0 saturated heterocycles. The van der Waals surface area contributed by atoms with E-state index in [1.807, 2.05) is 30.3 Å². The lowest BCUT2D eigenvalue weighted by Crippen LogP contribution is -2.19. The Labute approximate surface area is 161 Å². The number of hydrogen-bond acceptors (Lipinski definition) is 5. The van der Waals surface area contributed by atoms with Gasteiger partial charge in [0.1, 0.15) is 23.9 Å². The number of rotatable bonds is 4. The second-order valence-electron chi connectivity index (χ2n) is 6.53. The lowest BCUT2D eigenvalue weighted by molar-refractivity contribution is -0.112. The van der Waals surface area contributed by atoms with Gasteiger partial charge in [-0.3, -0.25) is 0 Å². The summed E-state index contributed by atoms with van der Waals surface area (Å²) in [5.74, 6) is 2.17. The number of fused-ring (bicyclic) bond motifs is 2. The molecule has 0 spiro atoms. The molecule has 6 heteroatoms. The van der Waals surface area contributed by atoms with Crippen LogP contribution in [0.3, 0.4) is 0 Å². The maximum absolute atomic E-state index is 14.1. The van der Waals surface area contributed by atoms with Gasteiger partial charge in [-0.1, -0.05) is 30.3 Å². The molecule has 2 aliphatic heterocycles. The summed E-state index contributed by atoms with van der Waals surface area (Å²) >= 11 is 0.